The molecule has 0 saturated heterocycles. The highest BCUT2D eigenvalue weighted by molar-refractivity contribution is 7.01. The fraction of sp³-hybridized carbons (Fsp3) is 0.222. The van der Waals surface area contributed by atoms with Crippen LogP contribution in [0, 0.1) is 0 Å². The normalized spacial score (nSPS) is 12.4. The molecule has 1 radical (unpaired) electrons. The van der Waals surface area contributed by atoms with Crippen LogP contribution in [-0.4, -0.2) is 25.9 Å². The molecule has 2 rings (SSSR count). The van der Waals surface area contributed by atoms with Crippen molar-refractivity contribution in [2.75, 3.05) is 0 Å². The molecule has 2 aromatic rings. The van der Waals surface area contributed by atoms with Gasteiger partial charge < -0.3 is 8.23 Å². The topological polar surface area (TPSA) is 18.5 Å². The van der Waals surface area contributed by atoms with Crippen LogP contribution >= 0.6 is 0 Å². The average molecular weight is 358 g/mol. The number of hydrogen-bond donors (Lipinski definition) is 0. The minimum atomic E-state index is -2.73. The van der Waals surface area contributed by atoms with Crippen molar-refractivity contribution in [3.63, 3.8) is 0 Å². The zero-order valence-electron chi connectivity index (χ0n) is 14.4. The highest BCUT2D eigenvalue weighted by Gasteiger charge is 2.46. The largest absolute Gasteiger partial charge is 0.430 e. The molecule has 0 atom stereocenters. The van der Waals surface area contributed by atoms with Gasteiger partial charge in [0.2, 0.25) is 8.32 Å². The Labute approximate surface area is 143 Å². The van der Waals surface area contributed by atoms with Gasteiger partial charge in [0.1, 0.15) is 0 Å². The minimum Gasteiger partial charge on any atom is -0.430 e. The lowest BCUT2D eigenvalue weighted by molar-refractivity contribution is 0.426. The van der Waals surface area contributed by atoms with Crippen LogP contribution in [0.25, 0.3) is 0 Å². The van der Waals surface area contributed by atoms with Gasteiger partial charge in [0.05, 0.1) is 0 Å². The van der Waals surface area contributed by atoms with Crippen molar-refractivity contribution >= 4 is 36.3 Å². The molecule has 121 valence electrons. The molecule has 0 spiro atoms. The van der Waals surface area contributed by atoms with Crippen LogP contribution in [0.4, 0.5) is 0 Å². The van der Waals surface area contributed by atoms with Crippen LogP contribution in [0.5, 0.6) is 0 Å². The Morgan fingerprint density at radius 1 is 0.870 bits per heavy atom. The summed E-state index contributed by atoms with van der Waals surface area (Å²) in [6.07, 6.45) is 0. The van der Waals surface area contributed by atoms with Gasteiger partial charge in [-0.25, -0.2) is 0 Å². The molecule has 0 heterocycles. The van der Waals surface area contributed by atoms with E-state index in [1.54, 1.807) is 0 Å². The van der Waals surface area contributed by atoms with Gasteiger partial charge in [-0.2, -0.15) is 0 Å². The lowest BCUT2D eigenvalue weighted by Crippen LogP contribution is -2.68. The molecule has 0 saturated carbocycles. The fourth-order valence-electron chi connectivity index (χ4n) is 2.44. The Morgan fingerprint density at radius 3 is 1.65 bits per heavy atom. The average Bonchev–Trinajstić information content (AvgIpc) is 2.55. The van der Waals surface area contributed by atoms with Crippen molar-refractivity contribution in [1.82, 2.24) is 0 Å². The fourth-order valence-corrected chi connectivity index (χ4v) is 12.1. The Balaban J connectivity index is 2.65. The van der Waals surface area contributed by atoms with Crippen molar-refractivity contribution < 1.29 is 8.23 Å². The second-order valence-electron chi connectivity index (χ2n) is 6.27. The van der Waals surface area contributed by atoms with Gasteiger partial charge in [-0.15, -0.1) is 6.58 Å². The Kier molecular flexibility index (Phi) is 5.94. The van der Waals surface area contributed by atoms with Crippen molar-refractivity contribution in [2.24, 2.45) is 0 Å². The van der Waals surface area contributed by atoms with Crippen LogP contribution in [0.3, 0.4) is 0 Å². The summed E-state index contributed by atoms with van der Waals surface area (Å²) in [5.74, 6) is 0. The van der Waals surface area contributed by atoms with E-state index in [0.29, 0.717) is 0 Å². The van der Waals surface area contributed by atoms with Crippen molar-refractivity contribution in [2.45, 2.75) is 26.2 Å². The zero-order valence-corrected chi connectivity index (χ0v) is 17.4. The summed E-state index contributed by atoms with van der Waals surface area (Å²) >= 11 is 0. The summed E-state index contributed by atoms with van der Waals surface area (Å²) in [5, 5.41) is 2.33. The number of benzene rings is 2. The first-order valence-electron chi connectivity index (χ1n) is 7.83. The second kappa shape index (κ2) is 7.55. The number of hydrogen-bond acceptors (Lipinski definition) is 2. The molecular formula is C18H25O2Si3. The van der Waals surface area contributed by atoms with E-state index >= 15 is 0 Å². The molecule has 0 amide bonds. The van der Waals surface area contributed by atoms with E-state index in [4.69, 9.17) is 8.23 Å². The zero-order chi connectivity index (χ0) is 16.9. The first kappa shape index (κ1) is 18.1. The molecule has 0 aliphatic heterocycles. The van der Waals surface area contributed by atoms with Crippen LogP contribution in [-0.2, 0) is 8.23 Å². The number of rotatable bonds is 7. The molecule has 0 aromatic heterocycles. The summed E-state index contributed by atoms with van der Waals surface area (Å²) in [7, 11) is -5.70. The van der Waals surface area contributed by atoms with E-state index < -0.39 is 25.9 Å². The quantitative estimate of drug-likeness (QED) is 0.707. The molecule has 2 nitrogen and oxygen atoms in total. The molecule has 2 aromatic carbocycles. The smallest absolute Gasteiger partial charge is 0.386 e. The first-order chi connectivity index (χ1) is 10.9. The summed E-state index contributed by atoms with van der Waals surface area (Å²) in [5.41, 5.74) is 1.99. The highest BCUT2D eigenvalue weighted by Crippen LogP contribution is 2.18. The summed E-state index contributed by atoms with van der Waals surface area (Å²) in [6.45, 7) is 12.7. The van der Waals surface area contributed by atoms with E-state index in [1.807, 2.05) is 17.8 Å². The molecule has 0 aliphatic carbocycles. The van der Waals surface area contributed by atoms with Gasteiger partial charge in [0.15, 0.2) is 9.04 Å². The molecule has 23 heavy (non-hydrogen) atoms. The maximum absolute atomic E-state index is 6.82. The third kappa shape index (κ3) is 4.39. The monoisotopic (exact) mass is 357 g/mol. The molecule has 5 heteroatoms. The SMILES string of the molecule is C=C[Si](C)(C)O[Si](O[Si](C)C)(c1ccccc1)c1ccccc1. The molecule has 0 aliphatic rings. The third-order valence-corrected chi connectivity index (χ3v) is 12.8. The summed E-state index contributed by atoms with van der Waals surface area (Å²) in [4.78, 5) is 0. The van der Waals surface area contributed by atoms with Gasteiger partial charge in [-0.3, -0.25) is 0 Å². The third-order valence-electron chi connectivity index (χ3n) is 3.55. The Bertz CT molecular complexity index is 588. The van der Waals surface area contributed by atoms with Gasteiger partial charge in [0, 0.05) is 0 Å². The lowest BCUT2D eigenvalue weighted by atomic mass is 10.4. The predicted molar refractivity (Wildman–Crippen MR) is 105 cm³/mol. The van der Waals surface area contributed by atoms with Crippen LogP contribution in [0.15, 0.2) is 72.9 Å². The van der Waals surface area contributed by atoms with Gasteiger partial charge in [0.25, 0.3) is 0 Å². The van der Waals surface area contributed by atoms with E-state index in [0.717, 1.165) is 0 Å². The highest BCUT2D eigenvalue weighted by atomic mass is 28.5. The van der Waals surface area contributed by atoms with E-state index in [-0.39, 0.29) is 0 Å². The van der Waals surface area contributed by atoms with Crippen LogP contribution in [0.2, 0.25) is 26.2 Å². The predicted octanol–water partition coefficient (Wildman–Crippen LogP) is 3.46. The molecular weight excluding hydrogens is 332 g/mol. The minimum absolute atomic E-state index is 0.940. The maximum Gasteiger partial charge on any atom is 0.386 e. The summed E-state index contributed by atoms with van der Waals surface area (Å²) in [6, 6.07) is 20.9. The molecule has 0 fully saturated rings. The van der Waals surface area contributed by atoms with E-state index in [1.165, 1.54) is 10.4 Å². The Morgan fingerprint density at radius 2 is 1.30 bits per heavy atom. The van der Waals surface area contributed by atoms with Gasteiger partial charge in [-0.1, -0.05) is 66.4 Å². The maximum atomic E-state index is 6.82. The van der Waals surface area contributed by atoms with Gasteiger partial charge >= 0.3 is 8.56 Å². The second-order valence-corrected chi connectivity index (χ2v) is 15.7. The van der Waals surface area contributed by atoms with Crippen LogP contribution in [0.1, 0.15) is 0 Å². The standard InChI is InChI=1S/C18H25O2Si3/c1-6-22(4,5)20-23(19-21(2)3,17-13-9-7-10-14-17)18-15-11-8-12-16-18/h6-16H,1H2,2-5H3. The molecule has 0 bridgehead atoms. The first-order valence-corrected chi connectivity index (χ1v) is 15.0. The lowest BCUT2D eigenvalue weighted by Gasteiger charge is -2.38. The van der Waals surface area contributed by atoms with E-state index in [2.05, 4.69) is 81.3 Å². The molecule has 0 N–H and O–H groups in total. The van der Waals surface area contributed by atoms with Gasteiger partial charge in [-0.05, 0) is 36.6 Å². The molecule has 0 unspecified atom stereocenters. The van der Waals surface area contributed by atoms with E-state index in [9.17, 15) is 0 Å². The summed E-state index contributed by atoms with van der Waals surface area (Å²) < 4.78 is 13.5. The Hall–Kier alpha value is -1.25. The van der Waals surface area contributed by atoms with Crippen molar-refractivity contribution in [3.05, 3.63) is 72.9 Å². The van der Waals surface area contributed by atoms with Crippen LogP contribution < -0.4 is 10.4 Å². The van der Waals surface area contributed by atoms with Crippen molar-refractivity contribution in [3.8, 4) is 0 Å². The van der Waals surface area contributed by atoms with Crippen molar-refractivity contribution in [1.29, 1.82) is 0 Å².